The topological polar surface area (TPSA) is 29.1 Å². The highest BCUT2D eigenvalue weighted by Crippen LogP contribution is 2.04. The second-order valence-electron chi connectivity index (χ2n) is 2.65. The van der Waals surface area contributed by atoms with Crippen molar-refractivity contribution in [2.75, 3.05) is 7.05 Å². The third-order valence-corrected chi connectivity index (χ3v) is 1.72. The minimum Gasteiger partial charge on any atom is -0.355 e. The first kappa shape index (κ1) is 8.85. The third-order valence-electron chi connectivity index (χ3n) is 1.72. The van der Waals surface area contributed by atoms with Crippen molar-refractivity contribution >= 4 is 19.2 Å². The summed E-state index contributed by atoms with van der Waals surface area (Å²) in [5.74, 6) is -0.0764. The molecule has 1 aromatic rings. The summed E-state index contributed by atoms with van der Waals surface area (Å²) in [6, 6.07) is 5.23. The van der Waals surface area contributed by atoms with Gasteiger partial charge in [0.25, 0.3) is 5.91 Å². The van der Waals surface area contributed by atoms with E-state index in [4.69, 9.17) is 7.85 Å². The lowest BCUT2D eigenvalue weighted by Crippen LogP contribution is -2.20. The van der Waals surface area contributed by atoms with Crippen LogP contribution >= 0.6 is 0 Å². The Kier molecular flexibility index (Phi) is 2.53. The number of benzene rings is 1. The maximum atomic E-state index is 11.2. The Morgan fingerprint density at radius 2 is 2.17 bits per heavy atom. The second kappa shape index (κ2) is 3.43. The smallest absolute Gasteiger partial charge is 0.251 e. The monoisotopic (exact) mass is 159 g/mol. The van der Waals surface area contributed by atoms with Gasteiger partial charge < -0.3 is 5.32 Å². The van der Waals surface area contributed by atoms with E-state index in [0.29, 0.717) is 11.0 Å². The minimum atomic E-state index is -0.0764. The minimum absolute atomic E-state index is 0.0764. The summed E-state index contributed by atoms with van der Waals surface area (Å²) in [7, 11) is 7.15. The van der Waals surface area contributed by atoms with E-state index in [9.17, 15) is 4.79 Å². The fraction of sp³-hybridized carbons (Fsp3) is 0.222. The molecule has 0 atom stereocenters. The average molecular weight is 159 g/mol. The fourth-order valence-corrected chi connectivity index (χ4v) is 1.08. The molecule has 1 aromatic carbocycles. The van der Waals surface area contributed by atoms with Crippen molar-refractivity contribution in [2.24, 2.45) is 0 Å². The van der Waals surface area contributed by atoms with Crippen molar-refractivity contribution in [2.45, 2.75) is 6.92 Å². The van der Waals surface area contributed by atoms with Crippen molar-refractivity contribution < 1.29 is 4.79 Å². The van der Waals surface area contributed by atoms with Crippen LogP contribution in [0.2, 0.25) is 0 Å². The van der Waals surface area contributed by atoms with Crippen molar-refractivity contribution in [3.63, 3.8) is 0 Å². The Hall–Kier alpha value is -1.25. The van der Waals surface area contributed by atoms with Gasteiger partial charge in [0.05, 0.1) is 0 Å². The number of hydrogen-bond acceptors (Lipinski definition) is 1. The van der Waals surface area contributed by atoms with Gasteiger partial charge >= 0.3 is 0 Å². The standard InChI is InChI=1S/C9H10BNO/c1-6-5-7(10)3-4-8(6)9(12)11-2/h3-5H,1-2H3,(H,11,12). The summed E-state index contributed by atoms with van der Waals surface area (Å²) in [5, 5.41) is 2.56. The molecule has 2 radical (unpaired) electrons. The van der Waals surface area contributed by atoms with Crippen LogP contribution in [0.4, 0.5) is 0 Å². The summed E-state index contributed by atoms with van der Waals surface area (Å²) >= 11 is 0. The van der Waals surface area contributed by atoms with Gasteiger partial charge in [-0.05, 0) is 18.6 Å². The van der Waals surface area contributed by atoms with Gasteiger partial charge in [0.2, 0.25) is 0 Å². The molecule has 2 nitrogen and oxygen atoms in total. The molecule has 1 rings (SSSR count). The number of carbonyl (C=O) groups excluding carboxylic acids is 1. The molecule has 0 aliphatic heterocycles. The lowest BCUT2D eigenvalue weighted by Gasteiger charge is -2.04. The molecule has 0 aliphatic rings. The van der Waals surface area contributed by atoms with Crippen molar-refractivity contribution in [3.05, 3.63) is 29.3 Å². The molecule has 0 aromatic heterocycles. The van der Waals surface area contributed by atoms with Crippen LogP contribution in [-0.4, -0.2) is 20.8 Å². The van der Waals surface area contributed by atoms with Crippen LogP contribution in [0, 0.1) is 6.92 Å². The molecule has 1 amide bonds. The number of amides is 1. The number of nitrogens with one attached hydrogen (secondary N) is 1. The first-order valence-electron chi connectivity index (χ1n) is 3.73. The van der Waals surface area contributed by atoms with E-state index in [1.54, 1.807) is 25.2 Å². The lowest BCUT2D eigenvalue weighted by molar-refractivity contribution is 0.0962. The average Bonchev–Trinajstić information content (AvgIpc) is 2.03. The third kappa shape index (κ3) is 1.67. The molecule has 0 saturated heterocycles. The molecular formula is C9H10BNO. The number of hydrogen-bond donors (Lipinski definition) is 1. The van der Waals surface area contributed by atoms with Crippen LogP contribution in [0.1, 0.15) is 15.9 Å². The van der Waals surface area contributed by atoms with E-state index in [0.717, 1.165) is 5.56 Å². The van der Waals surface area contributed by atoms with Gasteiger partial charge in [-0.1, -0.05) is 17.6 Å². The summed E-state index contributed by atoms with van der Waals surface area (Å²) in [5.41, 5.74) is 2.25. The summed E-state index contributed by atoms with van der Waals surface area (Å²) in [6.07, 6.45) is 0. The van der Waals surface area contributed by atoms with E-state index in [1.165, 1.54) is 0 Å². The van der Waals surface area contributed by atoms with Gasteiger partial charge in [0, 0.05) is 12.6 Å². The van der Waals surface area contributed by atoms with Crippen LogP contribution < -0.4 is 10.8 Å². The van der Waals surface area contributed by atoms with Crippen LogP contribution in [0.3, 0.4) is 0 Å². The van der Waals surface area contributed by atoms with Gasteiger partial charge in [0.1, 0.15) is 7.85 Å². The van der Waals surface area contributed by atoms with Crippen molar-refractivity contribution in [1.29, 1.82) is 0 Å². The van der Waals surface area contributed by atoms with Gasteiger partial charge in [-0.15, -0.1) is 0 Å². The Balaban J connectivity index is 3.09. The second-order valence-corrected chi connectivity index (χ2v) is 2.65. The molecule has 3 heteroatoms. The van der Waals surface area contributed by atoms with E-state index in [2.05, 4.69) is 5.32 Å². The van der Waals surface area contributed by atoms with Crippen LogP contribution in [-0.2, 0) is 0 Å². The van der Waals surface area contributed by atoms with E-state index < -0.39 is 0 Å². The zero-order chi connectivity index (χ0) is 9.14. The molecule has 0 heterocycles. The molecule has 0 spiro atoms. The lowest BCUT2D eigenvalue weighted by atomic mass is 9.92. The number of carbonyl (C=O) groups is 1. The SMILES string of the molecule is [B]c1ccc(C(=O)NC)c(C)c1. The van der Waals surface area contributed by atoms with E-state index in [1.807, 2.05) is 6.92 Å². The summed E-state index contributed by atoms with van der Waals surface area (Å²) in [4.78, 5) is 11.2. The molecule has 0 bridgehead atoms. The quantitative estimate of drug-likeness (QED) is 0.580. The Labute approximate surface area is 73.4 Å². The van der Waals surface area contributed by atoms with Gasteiger partial charge in [-0.3, -0.25) is 4.79 Å². The van der Waals surface area contributed by atoms with Crippen molar-refractivity contribution in [3.8, 4) is 0 Å². The fourth-order valence-electron chi connectivity index (χ4n) is 1.08. The Bertz CT molecular complexity index is 309. The molecule has 12 heavy (non-hydrogen) atoms. The number of rotatable bonds is 1. The zero-order valence-electron chi connectivity index (χ0n) is 7.22. The molecule has 0 fully saturated rings. The molecule has 1 N–H and O–H groups in total. The zero-order valence-corrected chi connectivity index (χ0v) is 7.22. The first-order chi connectivity index (χ1) is 5.65. The Morgan fingerprint density at radius 3 is 2.67 bits per heavy atom. The van der Waals surface area contributed by atoms with Gasteiger partial charge in [-0.2, -0.15) is 0 Å². The van der Waals surface area contributed by atoms with Gasteiger partial charge in [-0.25, -0.2) is 0 Å². The van der Waals surface area contributed by atoms with Crippen LogP contribution in [0.5, 0.6) is 0 Å². The predicted octanol–water partition coefficient (Wildman–Crippen LogP) is 0.148. The normalized spacial score (nSPS) is 9.50. The van der Waals surface area contributed by atoms with Crippen molar-refractivity contribution in [1.82, 2.24) is 5.32 Å². The van der Waals surface area contributed by atoms with Crippen LogP contribution in [0.25, 0.3) is 0 Å². The highest BCUT2D eigenvalue weighted by atomic mass is 16.1. The molecule has 0 saturated carbocycles. The highest BCUT2D eigenvalue weighted by molar-refractivity contribution is 6.32. The molecular weight excluding hydrogens is 149 g/mol. The maximum Gasteiger partial charge on any atom is 0.251 e. The van der Waals surface area contributed by atoms with Crippen LogP contribution in [0.15, 0.2) is 18.2 Å². The summed E-state index contributed by atoms with van der Waals surface area (Å²) in [6.45, 7) is 1.86. The highest BCUT2D eigenvalue weighted by Gasteiger charge is 2.05. The maximum absolute atomic E-state index is 11.2. The first-order valence-corrected chi connectivity index (χ1v) is 3.73. The van der Waals surface area contributed by atoms with E-state index in [-0.39, 0.29) is 5.91 Å². The number of aryl methyl sites for hydroxylation is 1. The largest absolute Gasteiger partial charge is 0.355 e. The van der Waals surface area contributed by atoms with Gasteiger partial charge in [0.15, 0.2) is 0 Å². The Morgan fingerprint density at radius 1 is 1.50 bits per heavy atom. The molecule has 60 valence electrons. The van der Waals surface area contributed by atoms with E-state index >= 15 is 0 Å². The summed E-state index contributed by atoms with van der Waals surface area (Å²) < 4.78 is 0. The molecule has 0 aliphatic carbocycles. The molecule has 0 unspecified atom stereocenters. The predicted molar refractivity (Wildman–Crippen MR) is 50.0 cm³/mol.